The van der Waals surface area contributed by atoms with Crippen LogP contribution in [-0.2, 0) is 16.0 Å². The molecule has 90 valence electrons. The zero-order valence-electron chi connectivity index (χ0n) is 9.34. The second-order valence-electron chi connectivity index (χ2n) is 3.25. The van der Waals surface area contributed by atoms with Gasteiger partial charge in [-0.3, -0.25) is 4.79 Å². The second-order valence-corrected chi connectivity index (χ2v) is 4.03. The van der Waals surface area contributed by atoms with E-state index in [4.69, 9.17) is 27.9 Å². The molecule has 0 fully saturated rings. The van der Waals surface area contributed by atoms with Gasteiger partial charge in [-0.25, -0.2) is 4.79 Å². The van der Waals surface area contributed by atoms with Gasteiger partial charge in [-0.05, 0) is 35.7 Å². The molecule has 0 atom stereocenters. The van der Waals surface area contributed by atoms with Crippen LogP contribution in [-0.4, -0.2) is 18.3 Å². The maximum Gasteiger partial charge on any atom is 0.264 e. The standard InChI is InChI=1S/C12H10Cl2O3/c1-3-7-4-8(13)5-10(17-2)11(7)9(6-15)12(14)16/h4-5H,3H2,1-2H3. The molecule has 0 N–H and O–H groups in total. The third-order valence-corrected chi connectivity index (χ3v) is 2.71. The van der Waals surface area contributed by atoms with Crippen molar-refractivity contribution >= 4 is 40.0 Å². The van der Waals surface area contributed by atoms with E-state index < -0.39 is 5.24 Å². The number of rotatable bonds is 4. The highest BCUT2D eigenvalue weighted by molar-refractivity contribution is 6.76. The van der Waals surface area contributed by atoms with Crippen molar-refractivity contribution in [2.24, 2.45) is 0 Å². The molecule has 17 heavy (non-hydrogen) atoms. The predicted octanol–water partition coefficient (Wildman–Crippen LogP) is 2.89. The topological polar surface area (TPSA) is 43.4 Å². The predicted molar refractivity (Wildman–Crippen MR) is 67.3 cm³/mol. The highest BCUT2D eigenvalue weighted by Crippen LogP contribution is 2.33. The third kappa shape index (κ3) is 2.89. The van der Waals surface area contributed by atoms with E-state index >= 15 is 0 Å². The first-order valence-electron chi connectivity index (χ1n) is 4.86. The summed E-state index contributed by atoms with van der Waals surface area (Å²) in [6, 6.07) is 3.18. The van der Waals surface area contributed by atoms with Crippen molar-refractivity contribution in [3.63, 3.8) is 0 Å². The molecule has 0 aliphatic carbocycles. The molecule has 0 saturated carbocycles. The van der Waals surface area contributed by atoms with Crippen molar-refractivity contribution in [3.8, 4) is 5.75 Å². The zero-order valence-corrected chi connectivity index (χ0v) is 10.9. The van der Waals surface area contributed by atoms with Crippen LogP contribution in [0.1, 0.15) is 18.1 Å². The van der Waals surface area contributed by atoms with E-state index in [9.17, 15) is 9.59 Å². The average molecular weight is 273 g/mol. The van der Waals surface area contributed by atoms with Crippen molar-refractivity contribution in [1.29, 1.82) is 0 Å². The van der Waals surface area contributed by atoms with Gasteiger partial charge in [-0.15, -0.1) is 0 Å². The van der Waals surface area contributed by atoms with Crippen LogP contribution in [0, 0.1) is 0 Å². The Morgan fingerprint density at radius 3 is 2.53 bits per heavy atom. The van der Waals surface area contributed by atoms with E-state index in [0.717, 1.165) is 0 Å². The number of ether oxygens (including phenoxy) is 1. The first kappa shape index (κ1) is 13.8. The molecule has 3 nitrogen and oxygen atoms in total. The molecule has 5 heteroatoms. The minimum Gasteiger partial charge on any atom is -0.496 e. The lowest BCUT2D eigenvalue weighted by Crippen LogP contribution is -2.02. The number of hydrogen-bond donors (Lipinski definition) is 0. The summed E-state index contributed by atoms with van der Waals surface area (Å²) in [6.45, 7) is 1.87. The summed E-state index contributed by atoms with van der Waals surface area (Å²) in [6.07, 6.45) is 0.585. The van der Waals surface area contributed by atoms with Gasteiger partial charge in [0.25, 0.3) is 5.24 Å². The molecule has 1 aromatic rings. The Hall–Kier alpha value is -1.28. The monoisotopic (exact) mass is 272 g/mol. The fourth-order valence-electron chi connectivity index (χ4n) is 1.55. The number of carbonyl (C=O) groups excluding carboxylic acids is 2. The van der Waals surface area contributed by atoms with Crippen molar-refractivity contribution < 1.29 is 14.3 Å². The molecule has 0 radical (unpaired) electrons. The van der Waals surface area contributed by atoms with Crippen molar-refractivity contribution in [2.45, 2.75) is 13.3 Å². The third-order valence-electron chi connectivity index (χ3n) is 2.30. The van der Waals surface area contributed by atoms with E-state index in [1.807, 2.05) is 6.92 Å². The Balaban J connectivity index is 3.59. The summed E-state index contributed by atoms with van der Waals surface area (Å²) in [7, 11) is 1.43. The van der Waals surface area contributed by atoms with Crippen LogP contribution in [0.3, 0.4) is 0 Å². The normalized spacial score (nSPS) is 9.65. The van der Waals surface area contributed by atoms with Crippen LogP contribution in [0.15, 0.2) is 12.1 Å². The molecule has 1 rings (SSSR count). The van der Waals surface area contributed by atoms with Crippen LogP contribution < -0.4 is 4.74 Å². The van der Waals surface area contributed by atoms with Crippen LogP contribution in [0.4, 0.5) is 0 Å². The van der Waals surface area contributed by atoms with Crippen LogP contribution in [0.5, 0.6) is 5.75 Å². The number of hydrogen-bond acceptors (Lipinski definition) is 3. The Bertz CT molecular complexity index is 477. The highest BCUT2D eigenvalue weighted by Gasteiger charge is 2.20. The molecule has 0 unspecified atom stereocenters. The molecule has 0 aliphatic heterocycles. The Morgan fingerprint density at radius 2 is 2.12 bits per heavy atom. The Morgan fingerprint density at radius 1 is 1.47 bits per heavy atom. The highest BCUT2D eigenvalue weighted by atomic mass is 35.5. The number of halogens is 2. The summed E-state index contributed by atoms with van der Waals surface area (Å²) >= 11 is 11.3. The molecular weight excluding hydrogens is 263 g/mol. The molecule has 0 amide bonds. The second kappa shape index (κ2) is 5.87. The lowest BCUT2D eigenvalue weighted by molar-refractivity contribution is -0.106. The molecule has 0 saturated heterocycles. The summed E-state index contributed by atoms with van der Waals surface area (Å²) < 4.78 is 5.11. The average Bonchev–Trinajstić information content (AvgIpc) is 2.30. The minimum absolute atomic E-state index is 0.239. The lowest BCUT2D eigenvalue weighted by Gasteiger charge is -2.12. The van der Waals surface area contributed by atoms with Crippen LogP contribution >= 0.6 is 23.2 Å². The van der Waals surface area contributed by atoms with E-state index in [2.05, 4.69) is 0 Å². The maximum absolute atomic E-state index is 11.2. The van der Waals surface area contributed by atoms with E-state index in [1.54, 1.807) is 12.0 Å². The Labute approximate surface area is 109 Å². The molecule has 0 bridgehead atoms. The molecule has 0 aromatic heterocycles. The molecule has 0 aliphatic rings. The van der Waals surface area contributed by atoms with Gasteiger partial charge in [0.1, 0.15) is 17.3 Å². The van der Waals surface area contributed by atoms with Gasteiger partial charge in [0, 0.05) is 10.6 Å². The summed E-state index contributed by atoms with van der Waals surface area (Å²) in [5.41, 5.74) is 0.827. The molecule has 0 heterocycles. The van der Waals surface area contributed by atoms with Gasteiger partial charge in [0.2, 0.25) is 0 Å². The fourth-order valence-corrected chi connectivity index (χ4v) is 1.91. The lowest BCUT2D eigenvalue weighted by atomic mass is 9.98. The van der Waals surface area contributed by atoms with Gasteiger partial charge in [0.05, 0.1) is 7.11 Å². The van der Waals surface area contributed by atoms with Gasteiger partial charge >= 0.3 is 0 Å². The quantitative estimate of drug-likeness (QED) is 0.481. The van der Waals surface area contributed by atoms with Gasteiger partial charge in [-0.2, -0.15) is 0 Å². The first-order chi connectivity index (χ1) is 8.04. The smallest absolute Gasteiger partial charge is 0.264 e. The number of benzene rings is 1. The van der Waals surface area contributed by atoms with Crippen LogP contribution in [0.2, 0.25) is 5.02 Å². The van der Waals surface area contributed by atoms with Crippen molar-refractivity contribution in [2.75, 3.05) is 7.11 Å². The SMILES string of the molecule is CCc1cc(Cl)cc(OC)c1C(=C=O)C(=O)Cl. The maximum atomic E-state index is 11.2. The Kier molecular flexibility index (Phi) is 4.76. The minimum atomic E-state index is -0.865. The molecular formula is C12H10Cl2O3. The number of carbonyl (C=O) groups is 1. The number of methoxy groups -OCH3 is 1. The van der Waals surface area contributed by atoms with Gasteiger partial charge < -0.3 is 4.74 Å². The van der Waals surface area contributed by atoms with Gasteiger partial charge in [-0.1, -0.05) is 18.5 Å². The van der Waals surface area contributed by atoms with E-state index in [1.165, 1.54) is 13.2 Å². The van der Waals surface area contributed by atoms with Crippen LogP contribution in [0.25, 0.3) is 5.57 Å². The van der Waals surface area contributed by atoms with Crippen molar-refractivity contribution in [1.82, 2.24) is 0 Å². The largest absolute Gasteiger partial charge is 0.496 e. The fraction of sp³-hybridized carbons (Fsp3) is 0.250. The summed E-state index contributed by atoms with van der Waals surface area (Å²) in [5, 5.41) is -0.398. The van der Waals surface area contributed by atoms with Crippen molar-refractivity contribution in [3.05, 3.63) is 28.3 Å². The molecule has 1 aromatic carbocycles. The van der Waals surface area contributed by atoms with E-state index in [-0.39, 0.29) is 5.57 Å². The van der Waals surface area contributed by atoms with Gasteiger partial charge in [0.15, 0.2) is 0 Å². The van der Waals surface area contributed by atoms with E-state index in [0.29, 0.717) is 28.3 Å². The molecule has 0 spiro atoms. The number of allylic oxidation sites excluding steroid dienone is 1. The number of aryl methyl sites for hydroxylation is 1. The summed E-state index contributed by atoms with van der Waals surface area (Å²) in [5.74, 6) is 1.88. The first-order valence-corrected chi connectivity index (χ1v) is 5.62. The zero-order chi connectivity index (χ0) is 13.0. The summed E-state index contributed by atoms with van der Waals surface area (Å²) in [4.78, 5) is 22.0.